The smallest absolute Gasteiger partial charge is 0.164 e. The molecule has 6 heteroatoms. The van der Waals surface area contributed by atoms with Crippen molar-refractivity contribution in [1.82, 2.24) is 19.5 Å². The van der Waals surface area contributed by atoms with E-state index in [1.807, 2.05) is 84.9 Å². The van der Waals surface area contributed by atoms with Crippen LogP contribution in [0, 0.1) is 0 Å². The lowest BCUT2D eigenvalue weighted by molar-refractivity contribution is 0.668. The molecular formula is C45H26N4O2. The maximum atomic E-state index is 8.65. The van der Waals surface area contributed by atoms with Crippen molar-refractivity contribution < 1.29 is 15.7 Å². The molecule has 4 heterocycles. The topological polar surface area (TPSA) is 69.9 Å². The summed E-state index contributed by atoms with van der Waals surface area (Å²) in [6.45, 7) is 0. The lowest BCUT2D eigenvalue weighted by Gasteiger charge is -2.10. The van der Waals surface area contributed by atoms with E-state index in [4.69, 9.17) is 25.7 Å². The fraction of sp³-hybridized carbons (Fsp3) is 0. The second kappa shape index (κ2) is 10.7. The van der Waals surface area contributed by atoms with Crippen molar-refractivity contribution in [3.8, 4) is 39.9 Å². The van der Waals surface area contributed by atoms with E-state index in [1.54, 1.807) is 0 Å². The summed E-state index contributed by atoms with van der Waals surface area (Å²) in [6, 6.07) is 39.7. The normalized spacial score (nSPS) is 13.3. The van der Waals surface area contributed by atoms with Crippen LogP contribution in [0.5, 0.6) is 0 Å². The van der Waals surface area contributed by atoms with E-state index in [0.717, 1.165) is 60.2 Å². The highest BCUT2D eigenvalue weighted by Crippen LogP contribution is 2.43. The molecule has 0 aliphatic heterocycles. The third kappa shape index (κ3) is 4.20. The Balaban J connectivity index is 1.13. The van der Waals surface area contributed by atoms with Gasteiger partial charge in [-0.15, -0.1) is 0 Å². The van der Waals surface area contributed by atoms with E-state index in [-0.39, 0.29) is 29.3 Å². The minimum Gasteiger partial charge on any atom is -0.456 e. The fourth-order valence-corrected chi connectivity index (χ4v) is 7.36. The van der Waals surface area contributed by atoms with E-state index >= 15 is 0 Å². The van der Waals surface area contributed by atoms with Gasteiger partial charge in [-0.1, -0.05) is 109 Å². The van der Waals surface area contributed by atoms with Crippen molar-refractivity contribution in [3.05, 3.63) is 158 Å². The highest BCUT2D eigenvalue weighted by atomic mass is 16.3. The first-order valence-electron chi connectivity index (χ1n) is 19.0. The van der Waals surface area contributed by atoms with Gasteiger partial charge in [0.2, 0.25) is 0 Å². The number of furan rings is 2. The SMILES string of the molecule is [2H]c1c([2H])c([2H])c(-c2nc(-c3ccccc3)nc(-c3ccc4c(c3)oc3cccc(-n5c6ccccc6c6c7c(ccc65)oc5ccccc57)c34)n2)c([2H])c1[2H]. The van der Waals surface area contributed by atoms with Gasteiger partial charge in [0, 0.05) is 43.6 Å². The van der Waals surface area contributed by atoms with E-state index in [1.165, 1.54) is 0 Å². The fourth-order valence-electron chi connectivity index (χ4n) is 7.36. The van der Waals surface area contributed by atoms with E-state index in [0.29, 0.717) is 28.1 Å². The number of hydrogen-bond donors (Lipinski definition) is 0. The molecule has 0 unspecified atom stereocenters. The summed E-state index contributed by atoms with van der Waals surface area (Å²) < 4.78 is 57.1. The van der Waals surface area contributed by atoms with Crippen molar-refractivity contribution in [1.29, 1.82) is 0 Å². The van der Waals surface area contributed by atoms with Gasteiger partial charge in [0.15, 0.2) is 17.5 Å². The molecule has 0 saturated carbocycles. The van der Waals surface area contributed by atoms with Gasteiger partial charge in [0.25, 0.3) is 0 Å². The van der Waals surface area contributed by atoms with E-state index in [9.17, 15) is 0 Å². The first-order valence-corrected chi connectivity index (χ1v) is 16.5. The van der Waals surface area contributed by atoms with Crippen LogP contribution in [0.15, 0.2) is 166 Å². The van der Waals surface area contributed by atoms with Crippen LogP contribution in [0.1, 0.15) is 6.85 Å². The zero-order chi connectivity index (χ0) is 37.8. The number of fused-ring (bicyclic) bond motifs is 10. The van der Waals surface area contributed by atoms with Crippen LogP contribution >= 0.6 is 0 Å². The summed E-state index contributed by atoms with van der Waals surface area (Å²) in [6.07, 6.45) is 0. The maximum absolute atomic E-state index is 8.65. The lowest BCUT2D eigenvalue weighted by Crippen LogP contribution is -2.00. The minimum absolute atomic E-state index is 0.0243. The second-order valence-electron chi connectivity index (χ2n) is 12.4. The molecule has 0 amide bonds. The molecule has 0 saturated heterocycles. The first-order chi connectivity index (χ1) is 27.4. The summed E-state index contributed by atoms with van der Waals surface area (Å²) >= 11 is 0. The molecule has 7 aromatic carbocycles. The third-order valence-corrected chi connectivity index (χ3v) is 9.54. The number of rotatable bonds is 4. The maximum Gasteiger partial charge on any atom is 0.164 e. The molecule has 0 atom stereocenters. The number of hydrogen-bond acceptors (Lipinski definition) is 5. The molecule has 0 aliphatic carbocycles. The summed E-state index contributed by atoms with van der Waals surface area (Å²) in [5.41, 5.74) is 7.25. The Kier molecular flexibility index (Phi) is 4.91. The molecule has 0 aliphatic rings. The van der Waals surface area contributed by atoms with E-state index in [2.05, 4.69) is 52.0 Å². The van der Waals surface area contributed by atoms with Gasteiger partial charge in [0.1, 0.15) is 22.3 Å². The lowest BCUT2D eigenvalue weighted by atomic mass is 10.1. The van der Waals surface area contributed by atoms with Crippen molar-refractivity contribution in [3.63, 3.8) is 0 Å². The second-order valence-corrected chi connectivity index (χ2v) is 12.4. The van der Waals surface area contributed by atoms with E-state index < -0.39 is 18.1 Å². The Labute approximate surface area is 297 Å². The Morgan fingerprint density at radius 1 is 0.431 bits per heavy atom. The molecule has 238 valence electrons. The first kappa shape index (κ1) is 23.3. The highest BCUT2D eigenvalue weighted by molar-refractivity contribution is 6.28. The van der Waals surface area contributed by atoms with Crippen LogP contribution < -0.4 is 0 Å². The van der Waals surface area contributed by atoms with Crippen LogP contribution in [0.2, 0.25) is 0 Å². The average molecular weight is 660 g/mol. The Bertz CT molecular complexity index is 3420. The Morgan fingerprint density at radius 3 is 1.96 bits per heavy atom. The predicted octanol–water partition coefficient (Wildman–Crippen LogP) is 11.8. The van der Waals surface area contributed by atoms with Crippen LogP contribution in [0.3, 0.4) is 0 Å². The van der Waals surface area contributed by atoms with Crippen molar-refractivity contribution in [2.45, 2.75) is 0 Å². The number of nitrogens with zero attached hydrogens (tertiary/aromatic N) is 4. The molecule has 0 radical (unpaired) electrons. The zero-order valence-electron chi connectivity index (χ0n) is 31.7. The van der Waals surface area contributed by atoms with Gasteiger partial charge in [-0.25, -0.2) is 15.0 Å². The minimum atomic E-state index is -0.486. The van der Waals surface area contributed by atoms with Crippen molar-refractivity contribution in [2.75, 3.05) is 0 Å². The van der Waals surface area contributed by atoms with Gasteiger partial charge < -0.3 is 13.4 Å². The van der Waals surface area contributed by atoms with Crippen LogP contribution in [-0.2, 0) is 0 Å². The quantitative estimate of drug-likeness (QED) is 0.188. The standard InChI is InChI=1S/C45H26N4O2/c1-3-12-27(13-4-1)43-46-44(28-14-5-2-6-15-28)48-45(47-43)29-22-23-32-39(26-29)51-37-21-11-19-34(40(32)37)49-33-18-9-7-16-30(33)41-35(49)24-25-38-42(41)31-17-8-10-20-36(31)50-38/h1-26H/i1D,3D,4D,12D,13D. The summed E-state index contributed by atoms with van der Waals surface area (Å²) in [4.78, 5) is 14.2. The van der Waals surface area contributed by atoms with Crippen molar-refractivity contribution >= 4 is 65.7 Å². The molecule has 0 bridgehead atoms. The third-order valence-electron chi connectivity index (χ3n) is 9.54. The highest BCUT2D eigenvalue weighted by Gasteiger charge is 2.22. The molecule has 0 fully saturated rings. The molecule has 0 N–H and O–H groups in total. The van der Waals surface area contributed by atoms with Crippen LogP contribution in [0.4, 0.5) is 0 Å². The molecule has 6 nitrogen and oxygen atoms in total. The number of aromatic nitrogens is 4. The Morgan fingerprint density at radius 2 is 1.10 bits per heavy atom. The molecule has 0 spiro atoms. The molecule has 11 rings (SSSR count). The van der Waals surface area contributed by atoms with Gasteiger partial charge in [-0.3, -0.25) is 0 Å². The zero-order valence-corrected chi connectivity index (χ0v) is 26.7. The Hall–Kier alpha value is -7.05. The average Bonchev–Trinajstić information content (AvgIpc) is 3.91. The van der Waals surface area contributed by atoms with Gasteiger partial charge in [-0.2, -0.15) is 0 Å². The number of para-hydroxylation sites is 2. The van der Waals surface area contributed by atoms with Gasteiger partial charge in [-0.05, 0) is 48.5 Å². The van der Waals surface area contributed by atoms with Crippen LogP contribution in [-0.4, -0.2) is 19.5 Å². The molecule has 51 heavy (non-hydrogen) atoms. The van der Waals surface area contributed by atoms with Gasteiger partial charge in [0.05, 0.1) is 29.0 Å². The van der Waals surface area contributed by atoms with Crippen LogP contribution in [0.25, 0.3) is 106 Å². The summed E-state index contributed by atoms with van der Waals surface area (Å²) in [5.74, 6) is 0.543. The largest absolute Gasteiger partial charge is 0.456 e. The number of benzene rings is 7. The summed E-state index contributed by atoms with van der Waals surface area (Å²) in [5, 5.41) is 6.22. The molecule has 4 aromatic heterocycles. The van der Waals surface area contributed by atoms with Gasteiger partial charge >= 0.3 is 0 Å². The molecular weight excluding hydrogens is 629 g/mol. The van der Waals surface area contributed by atoms with Crippen molar-refractivity contribution in [2.24, 2.45) is 0 Å². The molecule has 11 aromatic rings. The monoisotopic (exact) mass is 659 g/mol. The predicted molar refractivity (Wildman–Crippen MR) is 205 cm³/mol. The summed E-state index contributed by atoms with van der Waals surface area (Å²) in [7, 11) is 0.